The number of piperidine rings is 1. The zero-order valence-electron chi connectivity index (χ0n) is 16.4. The number of hydrogen-bond acceptors (Lipinski definition) is 4. The van der Waals surface area contributed by atoms with Crippen LogP contribution in [0.25, 0.3) is 5.69 Å². The molecular formula is C20H27ClFN5O2. The van der Waals surface area contributed by atoms with E-state index in [0.29, 0.717) is 43.9 Å². The smallest absolute Gasteiger partial charge is 0.257 e. The number of likely N-dealkylation sites (tertiary alicyclic amines) is 1. The third kappa shape index (κ3) is 5.13. The lowest BCUT2D eigenvalue weighted by molar-refractivity contribution is -0.126. The summed E-state index contributed by atoms with van der Waals surface area (Å²) >= 11 is 0. The summed E-state index contributed by atoms with van der Waals surface area (Å²) < 4.78 is 14.9. The number of nitrogens with zero attached hydrogens (tertiary/aromatic N) is 3. The van der Waals surface area contributed by atoms with E-state index in [-0.39, 0.29) is 36.0 Å². The molecule has 1 fully saturated rings. The molecule has 0 aliphatic carbocycles. The fraction of sp³-hybridized carbons (Fsp3) is 0.450. The van der Waals surface area contributed by atoms with Crippen LogP contribution in [0.15, 0.2) is 30.5 Å². The molecule has 1 aromatic carbocycles. The fourth-order valence-corrected chi connectivity index (χ4v) is 3.58. The summed E-state index contributed by atoms with van der Waals surface area (Å²) in [6.45, 7) is 3.79. The standard InChI is InChI=1S/C20H26FN5O2.ClH/c1-2-18-17(12-24-26(18)16-7-5-15(21)6-8-16)20(28)25-11-3-4-14(13-25)19(27)23-10-9-22;/h5-8,12,14H,2-4,9-11,13,22H2,1H3,(H,23,27);1H. The molecule has 29 heavy (non-hydrogen) atoms. The Hall–Kier alpha value is -2.45. The van der Waals surface area contributed by atoms with Gasteiger partial charge in [-0.3, -0.25) is 9.59 Å². The molecule has 3 N–H and O–H groups in total. The van der Waals surface area contributed by atoms with Gasteiger partial charge in [0.05, 0.1) is 29.1 Å². The molecule has 0 spiro atoms. The molecule has 0 bridgehead atoms. The molecule has 2 aromatic rings. The highest BCUT2D eigenvalue weighted by Crippen LogP contribution is 2.22. The van der Waals surface area contributed by atoms with Gasteiger partial charge in [-0.15, -0.1) is 12.4 Å². The molecule has 1 aliphatic rings. The summed E-state index contributed by atoms with van der Waals surface area (Å²) in [6, 6.07) is 6.00. The summed E-state index contributed by atoms with van der Waals surface area (Å²) in [5, 5.41) is 7.16. The molecule has 1 aromatic heterocycles. The van der Waals surface area contributed by atoms with Gasteiger partial charge in [0, 0.05) is 26.2 Å². The number of nitrogens with two attached hydrogens (primary N) is 1. The van der Waals surface area contributed by atoms with Crippen molar-refractivity contribution >= 4 is 24.2 Å². The molecule has 2 heterocycles. The summed E-state index contributed by atoms with van der Waals surface area (Å²) in [4.78, 5) is 27.1. The van der Waals surface area contributed by atoms with Crippen LogP contribution >= 0.6 is 12.4 Å². The van der Waals surface area contributed by atoms with Crippen LogP contribution in [0.5, 0.6) is 0 Å². The molecular weight excluding hydrogens is 397 g/mol. The number of benzene rings is 1. The second-order valence-electron chi connectivity index (χ2n) is 6.92. The van der Waals surface area contributed by atoms with Gasteiger partial charge < -0.3 is 16.0 Å². The van der Waals surface area contributed by atoms with Gasteiger partial charge in [-0.1, -0.05) is 6.92 Å². The van der Waals surface area contributed by atoms with E-state index in [4.69, 9.17) is 5.73 Å². The summed E-state index contributed by atoms with van der Waals surface area (Å²) in [5.41, 5.74) is 7.44. The maximum Gasteiger partial charge on any atom is 0.257 e. The van der Waals surface area contributed by atoms with Crippen LogP contribution in [0, 0.1) is 11.7 Å². The number of nitrogens with one attached hydrogen (secondary N) is 1. The maximum atomic E-state index is 13.2. The first kappa shape index (κ1) is 22.8. The Morgan fingerprint density at radius 3 is 2.69 bits per heavy atom. The highest BCUT2D eigenvalue weighted by molar-refractivity contribution is 5.95. The minimum atomic E-state index is -0.322. The monoisotopic (exact) mass is 423 g/mol. The van der Waals surface area contributed by atoms with Crippen molar-refractivity contribution in [1.29, 1.82) is 0 Å². The van der Waals surface area contributed by atoms with Gasteiger partial charge in [0.1, 0.15) is 5.82 Å². The minimum Gasteiger partial charge on any atom is -0.355 e. The van der Waals surface area contributed by atoms with Crippen molar-refractivity contribution < 1.29 is 14.0 Å². The number of aromatic nitrogens is 2. The van der Waals surface area contributed by atoms with Crippen LogP contribution < -0.4 is 11.1 Å². The van der Waals surface area contributed by atoms with E-state index in [9.17, 15) is 14.0 Å². The van der Waals surface area contributed by atoms with Crippen molar-refractivity contribution in [2.75, 3.05) is 26.2 Å². The van der Waals surface area contributed by atoms with Gasteiger partial charge in [0.2, 0.25) is 5.91 Å². The Labute approximate surface area is 175 Å². The topological polar surface area (TPSA) is 93.2 Å². The van der Waals surface area contributed by atoms with Crippen LogP contribution in [0.2, 0.25) is 0 Å². The zero-order valence-corrected chi connectivity index (χ0v) is 17.3. The van der Waals surface area contributed by atoms with Crippen LogP contribution in [-0.4, -0.2) is 52.7 Å². The number of hydrogen-bond donors (Lipinski definition) is 2. The van der Waals surface area contributed by atoms with Crippen molar-refractivity contribution in [2.24, 2.45) is 11.7 Å². The van der Waals surface area contributed by atoms with Crippen LogP contribution in [0.3, 0.4) is 0 Å². The van der Waals surface area contributed by atoms with Gasteiger partial charge in [0.15, 0.2) is 0 Å². The van der Waals surface area contributed by atoms with E-state index >= 15 is 0 Å². The highest BCUT2D eigenvalue weighted by atomic mass is 35.5. The Morgan fingerprint density at radius 1 is 1.31 bits per heavy atom. The lowest BCUT2D eigenvalue weighted by atomic mass is 9.96. The van der Waals surface area contributed by atoms with E-state index in [0.717, 1.165) is 18.5 Å². The fourth-order valence-electron chi connectivity index (χ4n) is 3.58. The van der Waals surface area contributed by atoms with Crippen molar-refractivity contribution in [3.8, 4) is 5.69 Å². The van der Waals surface area contributed by atoms with E-state index in [1.54, 1.807) is 27.9 Å². The predicted molar refractivity (Wildman–Crippen MR) is 111 cm³/mol. The van der Waals surface area contributed by atoms with Crippen LogP contribution in [0.1, 0.15) is 35.8 Å². The first-order chi connectivity index (χ1) is 13.5. The predicted octanol–water partition coefficient (Wildman–Crippen LogP) is 1.92. The SMILES string of the molecule is CCc1c(C(=O)N2CCCC(C(=O)NCCN)C2)cnn1-c1ccc(F)cc1.Cl. The van der Waals surface area contributed by atoms with Gasteiger partial charge in [0.25, 0.3) is 5.91 Å². The molecule has 0 radical (unpaired) electrons. The lowest BCUT2D eigenvalue weighted by Gasteiger charge is -2.32. The summed E-state index contributed by atoms with van der Waals surface area (Å²) in [5.74, 6) is -0.721. The number of amides is 2. The molecule has 1 atom stereocenters. The quantitative estimate of drug-likeness (QED) is 0.742. The Bertz CT molecular complexity index is 840. The minimum absolute atomic E-state index is 0. The molecule has 3 rings (SSSR count). The highest BCUT2D eigenvalue weighted by Gasteiger charge is 2.30. The second kappa shape index (κ2) is 10.4. The third-order valence-electron chi connectivity index (χ3n) is 5.03. The largest absolute Gasteiger partial charge is 0.355 e. The molecule has 2 amide bonds. The van der Waals surface area contributed by atoms with Crippen molar-refractivity contribution in [3.63, 3.8) is 0 Å². The molecule has 9 heteroatoms. The number of carbonyl (C=O) groups is 2. The van der Waals surface area contributed by atoms with Crippen molar-refractivity contribution in [1.82, 2.24) is 20.0 Å². The Morgan fingerprint density at radius 2 is 2.03 bits per heavy atom. The second-order valence-corrected chi connectivity index (χ2v) is 6.92. The number of carbonyl (C=O) groups excluding carboxylic acids is 2. The average Bonchev–Trinajstić information content (AvgIpc) is 3.16. The summed E-state index contributed by atoms with van der Waals surface area (Å²) in [7, 11) is 0. The molecule has 158 valence electrons. The van der Waals surface area contributed by atoms with Crippen molar-refractivity contribution in [2.45, 2.75) is 26.2 Å². The van der Waals surface area contributed by atoms with Crippen molar-refractivity contribution in [3.05, 3.63) is 47.5 Å². The van der Waals surface area contributed by atoms with Crippen LogP contribution in [0.4, 0.5) is 4.39 Å². The molecule has 1 aliphatic heterocycles. The normalized spacial score (nSPS) is 16.2. The lowest BCUT2D eigenvalue weighted by Crippen LogP contribution is -2.46. The average molecular weight is 424 g/mol. The molecule has 7 nitrogen and oxygen atoms in total. The molecule has 1 unspecified atom stereocenters. The Balaban J connectivity index is 0.00000300. The first-order valence-electron chi connectivity index (χ1n) is 9.65. The Kier molecular flexibility index (Phi) is 8.16. The van der Waals surface area contributed by atoms with E-state index < -0.39 is 0 Å². The number of halogens is 2. The van der Waals surface area contributed by atoms with Gasteiger partial charge in [-0.25, -0.2) is 9.07 Å². The molecule has 0 saturated carbocycles. The van der Waals surface area contributed by atoms with Gasteiger partial charge in [-0.05, 0) is 43.5 Å². The van der Waals surface area contributed by atoms with E-state index in [1.165, 1.54) is 12.1 Å². The number of rotatable bonds is 6. The summed E-state index contributed by atoms with van der Waals surface area (Å²) in [6.07, 6.45) is 3.70. The van der Waals surface area contributed by atoms with Crippen LogP contribution in [-0.2, 0) is 11.2 Å². The molecule has 1 saturated heterocycles. The first-order valence-corrected chi connectivity index (χ1v) is 9.65. The van der Waals surface area contributed by atoms with Gasteiger partial charge in [-0.2, -0.15) is 5.10 Å². The maximum absolute atomic E-state index is 13.2. The third-order valence-corrected chi connectivity index (χ3v) is 5.03. The van der Waals surface area contributed by atoms with E-state index in [2.05, 4.69) is 10.4 Å². The van der Waals surface area contributed by atoms with Gasteiger partial charge >= 0.3 is 0 Å². The zero-order chi connectivity index (χ0) is 20.1. The van der Waals surface area contributed by atoms with E-state index in [1.807, 2.05) is 6.92 Å².